The minimum absolute atomic E-state index is 0.0645. The number of sulfonamides is 1. The van der Waals surface area contributed by atoms with Gasteiger partial charge in [0.15, 0.2) is 0 Å². The van der Waals surface area contributed by atoms with Crippen molar-refractivity contribution in [2.45, 2.75) is 30.7 Å². The van der Waals surface area contributed by atoms with Gasteiger partial charge >= 0.3 is 0 Å². The van der Waals surface area contributed by atoms with Crippen LogP contribution in [0.15, 0.2) is 46.0 Å². The van der Waals surface area contributed by atoms with Gasteiger partial charge < -0.3 is 4.90 Å². The molecule has 0 amide bonds. The lowest BCUT2D eigenvalue weighted by molar-refractivity contribution is 0.113. The number of likely N-dealkylation sites (N-methyl/N-ethyl adjacent to an activating group) is 1. The van der Waals surface area contributed by atoms with Crippen molar-refractivity contribution in [3.05, 3.63) is 52.2 Å². The number of nitrogens with zero attached hydrogens (tertiary/aromatic N) is 2. The quantitative estimate of drug-likeness (QED) is 0.766. The van der Waals surface area contributed by atoms with Gasteiger partial charge in [0.2, 0.25) is 10.0 Å². The molecule has 1 fully saturated rings. The summed E-state index contributed by atoms with van der Waals surface area (Å²) in [6, 6.07) is 9.36. The zero-order valence-electron chi connectivity index (χ0n) is 16.3. The number of hydrogen-bond donors (Lipinski definition) is 1. The number of piperazine rings is 1. The van der Waals surface area contributed by atoms with Crippen LogP contribution in [0.5, 0.6) is 0 Å². The first kappa shape index (κ1) is 20.5. The minimum Gasteiger partial charge on any atom is -0.304 e. The summed E-state index contributed by atoms with van der Waals surface area (Å²) in [5.74, 6) is 0.384. The third-order valence-corrected chi connectivity index (χ3v) is 7.37. The van der Waals surface area contributed by atoms with Crippen molar-refractivity contribution in [1.82, 2.24) is 14.5 Å². The van der Waals surface area contributed by atoms with Gasteiger partial charge in [0.05, 0.1) is 4.90 Å². The summed E-state index contributed by atoms with van der Waals surface area (Å²) in [4.78, 5) is 5.02. The molecule has 0 spiro atoms. The fourth-order valence-electron chi connectivity index (χ4n) is 3.36. The maximum Gasteiger partial charge on any atom is 0.240 e. The average molecular weight is 408 g/mol. The van der Waals surface area contributed by atoms with Gasteiger partial charge in [-0.25, -0.2) is 13.1 Å². The summed E-state index contributed by atoms with van der Waals surface area (Å²) in [5, 5.41) is 4.17. The van der Waals surface area contributed by atoms with E-state index in [1.54, 1.807) is 23.5 Å². The first-order chi connectivity index (χ1) is 12.9. The first-order valence-corrected chi connectivity index (χ1v) is 11.8. The molecule has 2 heterocycles. The maximum atomic E-state index is 12.8. The Labute approximate surface area is 167 Å². The Hall–Kier alpha value is -1.25. The van der Waals surface area contributed by atoms with Crippen LogP contribution < -0.4 is 4.72 Å². The normalized spacial score (nSPS) is 18.1. The third-order valence-electron chi connectivity index (χ3n) is 5.23. The molecule has 1 aromatic heterocycles. The van der Waals surface area contributed by atoms with E-state index in [4.69, 9.17) is 0 Å². The SMILES string of the molecule is CC(C)c1ccc(S(=O)(=O)NCC(c2ccsc2)N2CCN(C)CC2)cc1. The van der Waals surface area contributed by atoms with E-state index in [1.807, 2.05) is 12.1 Å². The molecule has 0 aliphatic carbocycles. The predicted octanol–water partition coefficient (Wildman–Crippen LogP) is 3.14. The summed E-state index contributed by atoms with van der Waals surface area (Å²) in [5.41, 5.74) is 2.32. The van der Waals surface area contributed by atoms with Crippen LogP contribution in [0.3, 0.4) is 0 Å². The van der Waals surface area contributed by atoms with E-state index in [1.165, 1.54) is 5.56 Å². The molecule has 1 aliphatic heterocycles. The standard InChI is InChI=1S/C20H29N3O2S2/c1-16(2)17-4-6-19(7-5-17)27(24,25)21-14-20(18-8-13-26-15-18)23-11-9-22(3)10-12-23/h4-8,13,15-16,20-21H,9-12,14H2,1-3H3. The van der Waals surface area contributed by atoms with Crippen LogP contribution >= 0.6 is 11.3 Å². The van der Waals surface area contributed by atoms with Gasteiger partial charge in [-0.3, -0.25) is 4.90 Å². The smallest absolute Gasteiger partial charge is 0.240 e. The van der Waals surface area contributed by atoms with Crippen molar-refractivity contribution in [3.63, 3.8) is 0 Å². The second kappa shape index (κ2) is 8.84. The molecule has 0 bridgehead atoms. The highest BCUT2D eigenvalue weighted by molar-refractivity contribution is 7.89. The van der Waals surface area contributed by atoms with E-state index in [9.17, 15) is 8.42 Å². The maximum absolute atomic E-state index is 12.8. The molecule has 1 unspecified atom stereocenters. The predicted molar refractivity (Wildman–Crippen MR) is 112 cm³/mol. The molecular weight excluding hydrogens is 378 g/mol. The molecule has 1 saturated heterocycles. The van der Waals surface area contributed by atoms with E-state index in [-0.39, 0.29) is 6.04 Å². The molecule has 0 radical (unpaired) electrons. The summed E-state index contributed by atoms with van der Waals surface area (Å²) in [6.45, 7) is 8.49. The molecule has 1 aliphatic rings. The van der Waals surface area contributed by atoms with Crippen LogP contribution in [0.2, 0.25) is 0 Å². The topological polar surface area (TPSA) is 52.7 Å². The van der Waals surface area contributed by atoms with E-state index in [2.05, 4.69) is 52.2 Å². The molecule has 1 atom stereocenters. The molecule has 0 saturated carbocycles. The summed E-state index contributed by atoms with van der Waals surface area (Å²) in [7, 11) is -1.40. The van der Waals surface area contributed by atoms with E-state index in [0.29, 0.717) is 17.4 Å². The van der Waals surface area contributed by atoms with Gasteiger partial charge in [0.25, 0.3) is 0 Å². The first-order valence-electron chi connectivity index (χ1n) is 9.41. The van der Waals surface area contributed by atoms with Gasteiger partial charge in [0, 0.05) is 38.8 Å². The lowest BCUT2D eigenvalue weighted by Crippen LogP contribution is -2.48. The van der Waals surface area contributed by atoms with Gasteiger partial charge in [0.1, 0.15) is 0 Å². The Bertz CT molecular complexity index is 809. The number of rotatable bonds is 7. The van der Waals surface area contributed by atoms with Crippen LogP contribution in [0.1, 0.15) is 36.9 Å². The van der Waals surface area contributed by atoms with Gasteiger partial charge in [-0.2, -0.15) is 11.3 Å². The van der Waals surface area contributed by atoms with Crippen molar-refractivity contribution in [3.8, 4) is 0 Å². The number of nitrogens with one attached hydrogen (secondary N) is 1. The van der Waals surface area contributed by atoms with Crippen LogP contribution in [-0.4, -0.2) is 58.0 Å². The largest absolute Gasteiger partial charge is 0.304 e. The van der Waals surface area contributed by atoms with E-state index in [0.717, 1.165) is 31.7 Å². The molecular formula is C20H29N3O2S2. The summed E-state index contributed by atoms with van der Waals surface area (Å²) < 4.78 is 28.4. The van der Waals surface area contributed by atoms with Crippen LogP contribution in [0, 0.1) is 0 Å². The Kier molecular flexibility index (Phi) is 6.70. The zero-order valence-corrected chi connectivity index (χ0v) is 17.9. The van der Waals surface area contributed by atoms with Crippen molar-refractivity contribution in [2.75, 3.05) is 39.8 Å². The monoisotopic (exact) mass is 407 g/mol. The van der Waals surface area contributed by atoms with Crippen molar-refractivity contribution < 1.29 is 8.42 Å². The third kappa shape index (κ3) is 5.18. The number of benzene rings is 1. The van der Waals surface area contributed by atoms with E-state index < -0.39 is 10.0 Å². The number of hydrogen-bond acceptors (Lipinski definition) is 5. The van der Waals surface area contributed by atoms with Crippen molar-refractivity contribution in [1.29, 1.82) is 0 Å². The molecule has 148 valence electrons. The number of thiophene rings is 1. The second-order valence-corrected chi connectivity index (χ2v) is 10.0. The Morgan fingerprint density at radius 2 is 1.70 bits per heavy atom. The summed E-state index contributed by atoms with van der Waals surface area (Å²) >= 11 is 1.65. The Morgan fingerprint density at radius 1 is 1.04 bits per heavy atom. The molecule has 5 nitrogen and oxygen atoms in total. The molecule has 2 aromatic rings. The van der Waals surface area contributed by atoms with Crippen molar-refractivity contribution >= 4 is 21.4 Å². The van der Waals surface area contributed by atoms with E-state index >= 15 is 0 Å². The van der Waals surface area contributed by atoms with Crippen LogP contribution in [-0.2, 0) is 10.0 Å². The highest BCUT2D eigenvalue weighted by Gasteiger charge is 2.26. The van der Waals surface area contributed by atoms with Gasteiger partial charge in [-0.1, -0.05) is 26.0 Å². The lowest BCUT2D eigenvalue weighted by Gasteiger charge is -2.37. The fraction of sp³-hybridized carbons (Fsp3) is 0.500. The molecule has 1 aromatic carbocycles. The Morgan fingerprint density at radius 3 is 2.26 bits per heavy atom. The summed E-state index contributed by atoms with van der Waals surface area (Å²) in [6.07, 6.45) is 0. The Balaban J connectivity index is 1.72. The van der Waals surface area contributed by atoms with Crippen molar-refractivity contribution in [2.24, 2.45) is 0 Å². The highest BCUT2D eigenvalue weighted by atomic mass is 32.2. The van der Waals surface area contributed by atoms with Gasteiger partial charge in [-0.05, 0) is 53.1 Å². The van der Waals surface area contributed by atoms with Crippen LogP contribution in [0.25, 0.3) is 0 Å². The molecule has 27 heavy (non-hydrogen) atoms. The second-order valence-electron chi connectivity index (χ2n) is 7.49. The zero-order chi connectivity index (χ0) is 19.4. The molecule has 7 heteroatoms. The van der Waals surface area contributed by atoms with Crippen LogP contribution in [0.4, 0.5) is 0 Å². The lowest BCUT2D eigenvalue weighted by atomic mass is 10.0. The average Bonchev–Trinajstić information content (AvgIpc) is 3.18. The fourth-order valence-corrected chi connectivity index (χ4v) is 5.11. The molecule has 1 N–H and O–H groups in total. The van der Waals surface area contributed by atoms with Gasteiger partial charge in [-0.15, -0.1) is 0 Å². The minimum atomic E-state index is -3.52. The highest BCUT2D eigenvalue weighted by Crippen LogP contribution is 2.24. The molecule has 3 rings (SSSR count).